The minimum Gasteiger partial charge on any atom is -0.440 e. The molecule has 9 nitrogen and oxygen atoms in total. The molecule has 106 valence electrons. The van der Waals surface area contributed by atoms with Gasteiger partial charge in [0.15, 0.2) is 23.4 Å². The number of halogens is 1. The SMILES string of the molecule is Nc1nc2c(cnn2CCCl)c2nc(-c3cnco3)nn12. The van der Waals surface area contributed by atoms with Crippen molar-refractivity contribution in [1.29, 1.82) is 0 Å². The van der Waals surface area contributed by atoms with Crippen molar-refractivity contribution in [2.75, 3.05) is 11.6 Å². The van der Waals surface area contributed by atoms with Gasteiger partial charge in [-0.1, -0.05) is 0 Å². The van der Waals surface area contributed by atoms with Crippen LogP contribution in [0.15, 0.2) is 23.2 Å². The maximum Gasteiger partial charge on any atom is 0.225 e. The second-order valence-electron chi connectivity index (χ2n) is 4.30. The van der Waals surface area contributed by atoms with Crippen molar-refractivity contribution in [3.05, 3.63) is 18.8 Å². The fourth-order valence-electron chi connectivity index (χ4n) is 2.13. The first kappa shape index (κ1) is 12.1. The van der Waals surface area contributed by atoms with Crippen LogP contribution >= 0.6 is 11.6 Å². The van der Waals surface area contributed by atoms with Gasteiger partial charge in [0.25, 0.3) is 0 Å². The molecule has 0 atom stereocenters. The van der Waals surface area contributed by atoms with Crippen LogP contribution in [-0.2, 0) is 6.54 Å². The first-order valence-electron chi connectivity index (χ1n) is 6.10. The molecule has 0 aromatic carbocycles. The number of alkyl halides is 1. The highest BCUT2D eigenvalue weighted by Gasteiger charge is 2.17. The Kier molecular flexibility index (Phi) is 2.54. The molecule has 4 aromatic heterocycles. The highest BCUT2D eigenvalue weighted by molar-refractivity contribution is 6.17. The van der Waals surface area contributed by atoms with Crippen molar-refractivity contribution in [3.63, 3.8) is 0 Å². The van der Waals surface area contributed by atoms with Crippen LogP contribution in [0.5, 0.6) is 0 Å². The van der Waals surface area contributed by atoms with E-state index >= 15 is 0 Å². The number of aryl methyl sites for hydroxylation is 1. The fourth-order valence-corrected chi connectivity index (χ4v) is 2.29. The number of aromatic nitrogens is 7. The topological polar surface area (TPSA) is 113 Å². The van der Waals surface area contributed by atoms with E-state index in [1.165, 1.54) is 17.1 Å². The number of hydrogen-bond acceptors (Lipinski definition) is 7. The summed E-state index contributed by atoms with van der Waals surface area (Å²) < 4.78 is 8.33. The molecule has 0 fully saturated rings. The lowest BCUT2D eigenvalue weighted by atomic mass is 10.4. The van der Waals surface area contributed by atoms with Crippen molar-refractivity contribution in [3.8, 4) is 11.6 Å². The first-order valence-corrected chi connectivity index (χ1v) is 6.64. The van der Waals surface area contributed by atoms with E-state index in [9.17, 15) is 0 Å². The van der Waals surface area contributed by atoms with Gasteiger partial charge < -0.3 is 10.2 Å². The summed E-state index contributed by atoms with van der Waals surface area (Å²) in [5.74, 6) is 1.49. The molecule has 0 amide bonds. The van der Waals surface area contributed by atoms with Crippen LogP contribution < -0.4 is 5.73 Å². The minimum atomic E-state index is 0.215. The van der Waals surface area contributed by atoms with E-state index in [0.29, 0.717) is 35.3 Å². The Hall–Kier alpha value is -2.68. The van der Waals surface area contributed by atoms with Crippen molar-refractivity contribution in [1.82, 2.24) is 34.3 Å². The number of hydrogen-bond donors (Lipinski definition) is 1. The van der Waals surface area contributed by atoms with E-state index in [2.05, 4.69) is 25.1 Å². The third-order valence-corrected chi connectivity index (χ3v) is 3.22. The molecule has 2 N–H and O–H groups in total. The van der Waals surface area contributed by atoms with Crippen LogP contribution in [-0.4, -0.2) is 40.2 Å². The average Bonchev–Trinajstić information content (AvgIpc) is 3.16. The van der Waals surface area contributed by atoms with Gasteiger partial charge in [0.1, 0.15) is 0 Å². The van der Waals surface area contributed by atoms with E-state index in [-0.39, 0.29) is 5.95 Å². The van der Waals surface area contributed by atoms with E-state index < -0.39 is 0 Å². The summed E-state index contributed by atoms with van der Waals surface area (Å²) in [6, 6.07) is 0. The number of rotatable bonds is 3. The zero-order valence-electron chi connectivity index (χ0n) is 10.6. The monoisotopic (exact) mass is 304 g/mol. The molecule has 4 rings (SSSR count). The molecule has 0 unspecified atom stereocenters. The van der Waals surface area contributed by atoms with Crippen molar-refractivity contribution in [2.45, 2.75) is 6.54 Å². The molecular formula is C11H9ClN8O. The zero-order valence-corrected chi connectivity index (χ0v) is 11.4. The fraction of sp³-hybridized carbons (Fsp3) is 0.182. The molecule has 0 saturated carbocycles. The van der Waals surface area contributed by atoms with Gasteiger partial charge in [0, 0.05) is 5.88 Å². The van der Waals surface area contributed by atoms with E-state index in [4.69, 9.17) is 21.8 Å². The standard InChI is InChI=1S/C11H9ClN8O/c12-1-2-19-9-6(3-15-19)10-16-8(7-4-14-5-21-7)18-20(10)11(13)17-9/h3-5H,1-2H2,(H2,13,17). The maximum absolute atomic E-state index is 5.94. The smallest absolute Gasteiger partial charge is 0.225 e. The summed E-state index contributed by atoms with van der Waals surface area (Å²) in [4.78, 5) is 12.6. The molecule has 0 aliphatic rings. The Morgan fingerprint density at radius 3 is 2.90 bits per heavy atom. The second kappa shape index (κ2) is 4.42. The molecule has 21 heavy (non-hydrogen) atoms. The van der Waals surface area contributed by atoms with Crippen LogP contribution in [0.2, 0.25) is 0 Å². The van der Waals surface area contributed by atoms with Crippen LogP contribution in [0.1, 0.15) is 0 Å². The Morgan fingerprint density at radius 1 is 1.24 bits per heavy atom. The van der Waals surface area contributed by atoms with Gasteiger partial charge in [-0.3, -0.25) is 0 Å². The van der Waals surface area contributed by atoms with Crippen molar-refractivity contribution >= 4 is 34.2 Å². The summed E-state index contributed by atoms with van der Waals surface area (Å²) in [7, 11) is 0. The van der Waals surface area contributed by atoms with Gasteiger partial charge in [-0.2, -0.15) is 14.6 Å². The lowest BCUT2D eigenvalue weighted by Gasteiger charge is -2.01. The minimum absolute atomic E-state index is 0.215. The molecule has 0 aliphatic heterocycles. The first-order chi connectivity index (χ1) is 10.3. The number of anilines is 1. The predicted molar refractivity (Wildman–Crippen MR) is 74.7 cm³/mol. The zero-order chi connectivity index (χ0) is 14.4. The van der Waals surface area contributed by atoms with Crippen LogP contribution in [0.3, 0.4) is 0 Å². The van der Waals surface area contributed by atoms with Crippen LogP contribution in [0.4, 0.5) is 5.95 Å². The molecular weight excluding hydrogens is 296 g/mol. The van der Waals surface area contributed by atoms with Gasteiger partial charge in [-0.25, -0.2) is 14.6 Å². The van der Waals surface area contributed by atoms with E-state index in [0.717, 1.165) is 5.39 Å². The maximum atomic E-state index is 5.94. The normalized spacial score (nSPS) is 11.7. The van der Waals surface area contributed by atoms with E-state index in [1.54, 1.807) is 10.9 Å². The Morgan fingerprint density at radius 2 is 2.14 bits per heavy atom. The summed E-state index contributed by atoms with van der Waals surface area (Å²) >= 11 is 5.75. The van der Waals surface area contributed by atoms with Crippen molar-refractivity contribution in [2.24, 2.45) is 0 Å². The molecule has 0 radical (unpaired) electrons. The lowest BCUT2D eigenvalue weighted by Crippen LogP contribution is -2.06. The average molecular weight is 305 g/mol. The highest BCUT2D eigenvalue weighted by atomic mass is 35.5. The molecule has 0 saturated heterocycles. The number of nitrogen functional groups attached to an aromatic ring is 1. The van der Waals surface area contributed by atoms with Crippen molar-refractivity contribution < 1.29 is 4.42 Å². The Labute approximate surface area is 122 Å². The molecule has 0 bridgehead atoms. The third-order valence-electron chi connectivity index (χ3n) is 3.05. The third kappa shape index (κ3) is 1.74. The quantitative estimate of drug-likeness (QED) is 0.560. The number of fused-ring (bicyclic) bond motifs is 3. The van der Waals surface area contributed by atoms with Gasteiger partial charge in [0.2, 0.25) is 11.8 Å². The summed E-state index contributed by atoms with van der Waals surface area (Å²) in [5.41, 5.74) is 7.12. The second-order valence-corrected chi connectivity index (χ2v) is 4.68. The summed E-state index contributed by atoms with van der Waals surface area (Å²) in [6.45, 7) is 0.538. The molecule has 0 spiro atoms. The van der Waals surface area contributed by atoms with Gasteiger partial charge in [-0.15, -0.1) is 16.7 Å². The van der Waals surface area contributed by atoms with Crippen LogP contribution in [0.25, 0.3) is 28.3 Å². The Balaban J connectivity index is 2.01. The summed E-state index contributed by atoms with van der Waals surface area (Å²) in [5, 5.41) is 9.27. The number of nitrogens with zero attached hydrogens (tertiary/aromatic N) is 7. The number of oxazole rings is 1. The molecule has 10 heteroatoms. The van der Waals surface area contributed by atoms with Gasteiger partial charge in [0.05, 0.1) is 24.3 Å². The number of nitrogens with two attached hydrogens (primary N) is 1. The molecule has 4 heterocycles. The van der Waals surface area contributed by atoms with E-state index in [1.807, 2.05) is 0 Å². The van der Waals surface area contributed by atoms with Gasteiger partial charge in [-0.05, 0) is 0 Å². The Bertz CT molecular complexity index is 925. The van der Waals surface area contributed by atoms with Crippen LogP contribution in [0, 0.1) is 0 Å². The largest absolute Gasteiger partial charge is 0.440 e. The summed E-state index contributed by atoms with van der Waals surface area (Å²) in [6.07, 6.45) is 4.52. The molecule has 0 aliphatic carbocycles. The molecule has 4 aromatic rings. The predicted octanol–water partition coefficient (Wildman–Crippen LogP) is 0.950. The van der Waals surface area contributed by atoms with Gasteiger partial charge >= 0.3 is 0 Å². The highest BCUT2D eigenvalue weighted by Crippen LogP contribution is 2.22. The lowest BCUT2D eigenvalue weighted by molar-refractivity contribution is 0.567.